The highest BCUT2D eigenvalue weighted by atomic mass is 19.1. The second-order valence-corrected chi connectivity index (χ2v) is 8.53. The summed E-state index contributed by atoms with van der Waals surface area (Å²) in [6.07, 6.45) is 0. The summed E-state index contributed by atoms with van der Waals surface area (Å²) in [6.45, 7) is 4.35. The molecule has 1 fully saturated rings. The van der Waals surface area contributed by atoms with Crippen molar-refractivity contribution in [2.75, 3.05) is 31.1 Å². The number of hydrogen-bond donors (Lipinski definition) is 0. The van der Waals surface area contributed by atoms with Crippen molar-refractivity contribution in [1.29, 1.82) is 0 Å². The van der Waals surface area contributed by atoms with E-state index in [4.69, 9.17) is 5.10 Å². The summed E-state index contributed by atoms with van der Waals surface area (Å²) in [4.78, 5) is 28.8. The second-order valence-electron chi connectivity index (χ2n) is 8.53. The first-order chi connectivity index (χ1) is 16.5. The first-order valence-corrected chi connectivity index (χ1v) is 11.3. The molecule has 0 saturated carbocycles. The molecule has 34 heavy (non-hydrogen) atoms. The fourth-order valence-electron chi connectivity index (χ4n) is 4.44. The number of piperazine rings is 1. The molecule has 7 heteroatoms. The maximum absolute atomic E-state index is 14.6. The van der Waals surface area contributed by atoms with Gasteiger partial charge in [0.05, 0.1) is 23.4 Å². The van der Waals surface area contributed by atoms with E-state index in [1.807, 2.05) is 59.5 Å². The second kappa shape index (κ2) is 9.19. The minimum Gasteiger partial charge on any atom is -0.367 e. The smallest absolute Gasteiger partial charge is 0.275 e. The highest BCUT2D eigenvalue weighted by molar-refractivity contribution is 5.94. The van der Waals surface area contributed by atoms with Crippen molar-refractivity contribution < 1.29 is 9.18 Å². The summed E-state index contributed by atoms with van der Waals surface area (Å²) >= 11 is 0. The Bertz CT molecular complexity index is 1410. The van der Waals surface area contributed by atoms with Crippen LogP contribution in [0.2, 0.25) is 0 Å². The summed E-state index contributed by atoms with van der Waals surface area (Å²) in [5.74, 6) is -0.542. The first-order valence-electron chi connectivity index (χ1n) is 11.3. The summed E-state index contributed by atoms with van der Waals surface area (Å²) in [7, 11) is 0. The number of rotatable bonds is 5. The number of carbonyl (C=O) groups is 1. The van der Waals surface area contributed by atoms with E-state index in [-0.39, 0.29) is 17.2 Å². The lowest BCUT2D eigenvalue weighted by Crippen LogP contribution is -2.48. The monoisotopic (exact) mass is 456 g/mol. The average Bonchev–Trinajstić information content (AvgIpc) is 2.87. The van der Waals surface area contributed by atoms with Gasteiger partial charge in [0.2, 0.25) is 0 Å². The van der Waals surface area contributed by atoms with Gasteiger partial charge in [0.1, 0.15) is 5.82 Å². The SMILES string of the molecule is CC(=O)c1ccc(N2CCN(Cn3nc(-c4ccccc4)c4ccccc4c3=O)CC2)c(F)c1. The minimum atomic E-state index is -0.388. The third kappa shape index (κ3) is 4.22. The maximum atomic E-state index is 14.6. The van der Waals surface area contributed by atoms with Crippen LogP contribution in [0.3, 0.4) is 0 Å². The third-order valence-corrected chi connectivity index (χ3v) is 6.32. The number of benzene rings is 3. The topological polar surface area (TPSA) is 58.4 Å². The Hall–Kier alpha value is -3.84. The molecule has 6 nitrogen and oxygen atoms in total. The molecular formula is C27H25FN4O2. The number of hydrogen-bond acceptors (Lipinski definition) is 5. The summed E-state index contributed by atoms with van der Waals surface area (Å²) in [5, 5.41) is 6.22. The Balaban J connectivity index is 1.37. The lowest BCUT2D eigenvalue weighted by molar-refractivity contribution is 0.101. The standard InChI is InChI=1S/C27H25FN4O2/c1-19(33)21-11-12-25(24(28)17-21)31-15-13-30(14-16-31)18-32-27(34)23-10-6-5-9-22(23)26(29-32)20-7-3-2-4-8-20/h2-12,17H,13-16,18H2,1H3. The number of anilines is 1. The Morgan fingerprint density at radius 1 is 0.912 bits per heavy atom. The summed E-state index contributed by atoms with van der Waals surface area (Å²) < 4.78 is 16.1. The van der Waals surface area contributed by atoms with Crippen LogP contribution in [0.5, 0.6) is 0 Å². The van der Waals surface area contributed by atoms with Gasteiger partial charge in [0.15, 0.2) is 5.78 Å². The Morgan fingerprint density at radius 2 is 1.59 bits per heavy atom. The number of aromatic nitrogens is 2. The number of ketones is 1. The number of Topliss-reactive ketones (excluding diaryl/α,β-unsaturated/α-hetero) is 1. The van der Waals surface area contributed by atoms with Gasteiger partial charge in [0.25, 0.3) is 5.56 Å². The summed E-state index contributed by atoms with van der Waals surface area (Å²) in [6, 6.07) is 22.1. The molecule has 1 aliphatic heterocycles. The zero-order valence-corrected chi connectivity index (χ0v) is 18.9. The van der Waals surface area contributed by atoms with Crippen molar-refractivity contribution in [3.8, 4) is 11.3 Å². The van der Waals surface area contributed by atoms with Crippen LogP contribution in [0, 0.1) is 5.82 Å². The zero-order chi connectivity index (χ0) is 23.7. The number of nitrogens with zero attached hydrogens (tertiary/aromatic N) is 4. The molecule has 3 aromatic carbocycles. The van der Waals surface area contributed by atoms with Crippen LogP contribution in [0.1, 0.15) is 17.3 Å². The molecule has 0 unspecified atom stereocenters. The van der Waals surface area contributed by atoms with Crippen molar-refractivity contribution >= 4 is 22.2 Å². The van der Waals surface area contributed by atoms with Crippen LogP contribution in [0.15, 0.2) is 77.6 Å². The lowest BCUT2D eigenvalue weighted by atomic mass is 10.1. The van der Waals surface area contributed by atoms with Gasteiger partial charge in [-0.05, 0) is 31.2 Å². The van der Waals surface area contributed by atoms with E-state index in [0.29, 0.717) is 49.5 Å². The fraction of sp³-hybridized carbons (Fsp3) is 0.222. The van der Waals surface area contributed by atoms with E-state index in [1.54, 1.807) is 12.1 Å². The third-order valence-electron chi connectivity index (χ3n) is 6.32. The van der Waals surface area contributed by atoms with E-state index < -0.39 is 0 Å². The summed E-state index contributed by atoms with van der Waals surface area (Å²) in [5.41, 5.74) is 2.49. The van der Waals surface area contributed by atoms with Gasteiger partial charge >= 0.3 is 0 Å². The van der Waals surface area contributed by atoms with Gasteiger partial charge in [-0.25, -0.2) is 9.07 Å². The fourth-order valence-corrected chi connectivity index (χ4v) is 4.44. The van der Waals surface area contributed by atoms with Gasteiger partial charge in [-0.3, -0.25) is 14.5 Å². The van der Waals surface area contributed by atoms with Gasteiger partial charge in [-0.1, -0.05) is 48.5 Å². The van der Waals surface area contributed by atoms with Crippen LogP contribution in [0.4, 0.5) is 10.1 Å². The molecule has 2 heterocycles. The van der Waals surface area contributed by atoms with Crippen molar-refractivity contribution in [2.45, 2.75) is 13.6 Å². The Kier molecular flexibility index (Phi) is 5.94. The normalized spacial score (nSPS) is 14.5. The molecule has 1 aliphatic rings. The largest absolute Gasteiger partial charge is 0.367 e. The Labute approximate surface area is 196 Å². The molecule has 1 saturated heterocycles. The highest BCUT2D eigenvalue weighted by Crippen LogP contribution is 2.25. The van der Waals surface area contributed by atoms with Crippen molar-refractivity contribution in [3.05, 3.63) is 94.5 Å². The molecule has 0 amide bonds. The van der Waals surface area contributed by atoms with Crippen molar-refractivity contribution in [3.63, 3.8) is 0 Å². The molecule has 4 aromatic rings. The van der Waals surface area contributed by atoms with Gasteiger partial charge < -0.3 is 4.90 Å². The average molecular weight is 457 g/mol. The van der Waals surface area contributed by atoms with Crippen molar-refractivity contribution in [1.82, 2.24) is 14.7 Å². The molecule has 1 aromatic heterocycles. The molecular weight excluding hydrogens is 431 g/mol. The van der Waals surface area contributed by atoms with Crippen LogP contribution in [-0.2, 0) is 6.67 Å². The maximum Gasteiger partial charge on any atom is 0.275 e. The van der Waals surface area contributed by atoms with Crippen LogP contribution in [-0.4, -0.2) is 46.6 Å². The van der Waals surface area contributed by atoms with Gasteiger partial charge in [-0.15, -0.1) is 0 Å². The van der Waals surface area contributed by atoms with Gasteiger partial charge in [0, 0.05) is 42.7 Å². The zero-order valence-electron chi connectivity index (χ0n) is 18.9. The van der Waals surface area contributed by atoms with Gasteiger partial charge in [-0.2, -0.15) is 5.10 Å². The number of fused-ring (bicyclic) bond motifs is 1. The molecule has 5 rings (SSSR count). The molecule has 0 radical (unpaired) electrons. The Morgan fingerprint density at radius 3 is 2.26 bits per heavy atom. The number of carbonyl (C=O) groups excluding carboxylic acids is 1. The quantitative estimate of drug-likeness (QED) is 0.422. The molecule has 0 aliphatic carbocycles. The molecule has 0 spiro atoms. The lowest BCUT2D eigenvalue weighted by Gasteiger charge is -2.36. The number of halogens is 1. The molecule has 172 valence electrons. The van der Waals surface area contributed by atoms with E-state index >= 15 is 0 Å². The molecule has 0 bridgehead atoms. The predicted molar refractivity (Wildman–Crippen MR) is 132 cm³/mol. The van der Waals surface area contributed by atoms with E-state index in [9.17, 15) is 14.0 Å². The van der Waals surface area contributed by atoms with Crippen LogP contribution < -0.4 is 10.5 Å². The molecule has 0 N–H and O–H groups in total. The van der Waals surface area contributed by atoms with E-state index in [1.165, 1.54) is 17.7 Å². The minimum absolute atomic E-state index is 0.122. The van der Waals surface area contributed by atoms with E-state index in [2.05, 4.69) is 4.90 Å². The van der Waals surface area contributed by atoms with Crippen molar-refractivity contribution in [2.24, 2.45) is 0 Å². The highest BCUT2D eigenvalue weighted by Gasteiger charge is 2.21. The van der Waals surface area contributed by atoms with E-state index in [0.717, 1.165) is 16.6 Å². The van der Waals surface area contributed by atoms with Crippen LogP contribution in [0.25, 0.3) is 22.0 Å². The molecule has 0 atom stereocenters. The first kappa shape index (κ1) is 22.0. The predicted octanol–water partition coefficient (Wildman–Crippen LogP) is 4.18. The van der Waals surface area contributed by atoms with Crippen LogP contribution >= 0.6 is 0 Å².